The van der Waals surface area contributed by atoms with E-state index in [0.29, 0.717) is 6.61 Å². The summed E-state index contributed by atoms with van der Waals surface area (Å²) in [5.74, 6) is 0. The Morgan fingerprint density at radius 3 is 2.82 bits per heavy atom. The van der Waals surface area contributed by atoms with Crippen LogP contribution < -0.4 is 5.32 Å². The lowest BCUT2D eigenvalue weighted by atomic mass is 9.87. The molecule has 0 spiro atoms. The fraction of sp³-hybridized carbons (Fsp3) is 0.643. The zero-order valence-electron chi connectivity index (χ0n) is 10.6. The third-order valence-electron chi connectivity index (χ3n) is 3.96. The molecule has 0 aliphatic heterocycles. The van der Waals surface area contributed by atoms with Crippen LogP contribution in [0.25, 0.3) is 0 Å². The summed E-state index contributed by atoms with van der Waals surface area (Å²) in [6.07, 6.45) is 8.57. The minimum atomic E-state index is 0.135. The number of hydrogen-bond donors (Lipinski definition) is 2. The molecule has 1 aliphatic carbocycles. The van der Waals surface area contributed by atoms with Crippen LogP contribution in [0, 0.1) is 12.3 Å². The Kier molecular flexibility index (Phi) is 4.13. The number of hydrogen-bond acceptors (Lipinski definition) is 3. The molecular weight excluding hydrogens is 212 g/mol. The fourth-order valence-electron chi connectivity index (χ4n) is 2.66. The van der Waals surface area contributed by atoms with Crippen molar-refractivity contribution in [2.45, 2.75) is 39.2 Å². The van der Waals surface area contributed by atoms with E-state index < -0.39 is 0 Å². The third-order valence-corrected chi connectivity index (χ3v) is 3.96. The van der Waals surface area contributed by atoms with E-state index in [0.717, 1.165) is 25.9 Å². The van der Waals surface area contributed by atoms with Crippen molar-refractivity contribution in [2.75, 3.05) is 13.2 Å². The van der Waals surface area contributed by atoms with Crippen molar-refractivity contribution in [3.8, 4) is 0 Å². The highest BCUT2D eigenvalue weighted by molar-refractivity contribution is 5.21. The molecule has 1 aliphatic rings. The van der Waals surface area contributed by atoms with Crippen molar-refractivity contribution in [3.63, 3.8) is 0 Å². The Bertz CT molecular complexity index is 359. The minimum Gasteiger partial charge on any atom is -0.396 e. The second-order valence-electron chi connectivity index (χ2n) is 5.27. The van der Waals surface area contributed by atoms with E-state index in [2.05, 4.69) is 17.2 Å². The third kappa shape index (κ3) is 3.05. The van der Waals surface area contributed by atoms with E-state index in [1.165, 1.54) is 24.0 Å². The van der Waals surface area contributed by atoms with Crippen LogP contribution in [0.15, 0.2) is 18.5 Å². The van der Waals surface area contributed by atoms with Gasteiger partial charge in [0.2, 0.25) is 0 Å². The Balaban J connectivity index is 1.85. The molecule has 3 heteroatoms. The van der Waals surface area contributed by atoms with Gasteiger partial charge in [0.05, 0.1) is 0 Å². The average molecular weight is 234 g/mol. The summed E-state index contributed by atoms with van der Waals surface area (Å²) in [5, 5.41) is 13.0. The molecule has 0 bridgehead atoms. The highest BCUT2D eigenvalue weighted by atomic mass is 16.3. The molecule has 17 heavy (non-hydrogen) atoms. The molecule has 0 radical (unpaired) electrons. The van der Waals surface area contributed by atoms with Crippen LogP contribution in [0.1, 0.15) is 36.8 Å². The summed E-state index contributed by atoms with van der Waals surface area (Å²) in [7, 11) is 0. The topological polar surface area (TPSA) is 45.2 Å². The van der Waals surface area contributed by atoms with Crippen LogP contribution in [-0.4, -0.2) is 23.2 Å². The van der Waals surface area contributed by atoms with Gasteiger partial charge < -0.3 is 10.4 Å². The molecule has 94 valence electrons. The van der Waals surface area contributed by atoms with Gasteiger partial charge in [-0.3, -0.25) is 4.98 Å². The standard InChI is InChI=1S/C14H22N2O/c1-12-4-7-15-8-13(12)9-16-10-14(11-17)5-2-3-6-14/h4,7-8,16-17H,2-3,5-6,9-11H2,1H3. The van der Waals surface area contributed by atoms with Crippen LogP contribution in [0.5, 0.6) is 0 Å². The van der Waals surface area contributed by atoms with E-state index >= 15 is 0 Å². The molecule has 0 unspecified atom stereocenters. The van der Waals surface area contributed by atoms with Crippen LogP contribution >= 0.6 is 0 Å². The van der Waals surface area contributed by atoms with Gasteiger partial charge in [0, 0.05) is 37.5 Å². The number of aliphatic hydroxyl groups excluding tert-OH is 1. The van der Waals surface area contributed by atoms with Crippen LogP contribution in [0.2, 0.25) is 0 Å². The molecule has 3 nitrogen and oxygen atoms in total. The molecule has 1 fully saturated rings. The van der Waals surface area contributed by atoms with Gasteiger partial charge in [-0.15, -0.1) is 0 Å². The van der Waals surface area contributed by atoms with Gasteiger partial charge in [0.1, 0.15) is 0 Å². The van der Waals surface area contributed by atoms with Gasteiger partial charge in [-0.25, -0.2) is 0 Å². The summed E-state index contributed by atoms with van der Waals surface area (Å²) in [6, 6.07) is 2.04. The van der Waals surface area contributed by atoms with Crippen molar-refractivity contribution >= 4 is 0 Å². The Labute approximate surface area is 103 Å². The van der Waals surface area contributed by atoms with Crippen LogP contribution in [0.3, 0.4) is 0 Å². The second-order valence-corrected chi connectivity index (χ2v) is 5.27. The van der Waals surface area contributed by atoms with Crippen LogP contribution in [0.4, 0.5) is 0 Å². The van der Waals surface area contributed by atoms with E-state index in [4.69, 9.17) is 0 Å². The second kappa shape index (κ2) is 5.61. The zero-order valence-corrected chi connectivity index (χ0v) is 10.6. The monoisotopic (exact) mass is 234 g/mol. The number of aryl methyl sites for hydroxylation is 1. The Morgan fingerprint density at radius 1 is 1.41 bits per heavy atom. The molecule has 0 saturated heterocycles. The van der Waals surface area contributed by atoms with E-state index in [1.54, 1.807) is 0 Å². The van der Waals surface area contributed by atoms with Crippen molar-refractivity contribution < 1.29 is 5.11 Å². The Hall–Kier alpha value is -0.930. The number of nitrogens with zero attached hydrogens (tertiary/aromatic N) is 1. The van der Waals surface area contributed by atoms with Crippen LogP contribution in [-0.2, 0) is 6.54 Å². The van der Waals surface area contributed by atoms with Crippen molar-refractivity contribution in [1.29, 1.82) is 0 Å². The molecule has 1 aromatic heterocycles. The van der Waals surface area contributed by atoms with Crippen molar-refractivity contribution in [1.82, 2.24) is 10.3 Å². The highest BCUT2D eigenvalue weighted by Crippen LogP contribution is 2.36. The summed E-state index contributed by atoms with van der Waals surface area (Å²) >= 11 is 0. The molecule has 2 N–H and O–H groups in total. The zero-order chi connectivity index (χ0) is 12.1. The lowest BCUT2D eigenvalue weighted by Crippen LogP contribution is -2.34. The van der Waals surface area contributed by atoms with E-state index in [-0.39, 0.29) is 5.41 Å². The van der Waals surface area contributed by atoms with Gasteiger partial charge in [0.15, 0.2) is 0 Å². The first-order chi connectivity index (χ1) is 8.26. The average Bonchev–Trinajstić information content (AvgIpc) is 2.81. The van der Waals surface area contributed by atoms with Gasteiger partial charge in [-0.05, 0) is 37.0 Å². The highest BCUT2D eigenvalue weighted by Gasteiger charge is 2.32. The van der Waals surface area contributed by atoms with Gasteiger partial charge >= 0.3 is 0 Å². The predicted octanol–water partition coefficient (Wildman–Crippen LogP) is 2.03. The van der Waals surface area contributed by atoms with Crippen molar-refractivity contribution in [2.24, 2.45) is 5.41 Å². The molecule has 1 aromatic rings. The SMILES string of the molecule is Cc1ccncc1CNCC1(CO)CCCC1. The molecular formula is C14H22N2O. The quantitative estimate of drug-likeness (QED) is 0.819. The molecule has 2 rings (SSSR count). The minimum absolute atomic E-state index is 0.135. The first-order valence-electron chi connectivity index (χ1n) is 6.47. The van der Waals surface area contributed by atoms with Crippen molar-refractivity contribution in [3.05, 3.63) is 29.6 Å². The smallest absolute Gasteiger partial charge is 0.0499 e. The summed E-state index contributed by atoms with van der Waals surface area (Å²) < 4.78 is 0. The number of pyridine rings is 1. The summed E-state index contributed by atoms with van der Waals surface area (Å²) in [5.41, 5.74) is 2.66. The van der Waals surface area contributed by atoms with Gasteiger partial charge in [-0.2, -0.15) is 0 Å². The molecule has 0 aromatic carbocycles. The first kappa shape index (κ1) is 12.5. The largest absolute Gasteiger partial charge is 0.396 e. The van der Waals surface area contributed by atoms with E-state index in [9.17, 15) is 5.11 Å². The molecule has 0 amide bonds. The maximum absolute atomic E-state index is 9.52. The molecule has 1 heterocycles. The van der Waals surface area contributed by atoms with E-state index in [1.807, 2.05) is 18.5 Å². The lowest BCUT2D eigenvalue weighted by Gasteiger charge is -2.26. The normalized spacial score (nSPS) is 18.5. The number of aliphatic hydroxyl groups is 1. The molecule has 0 atom stereocenters. The number of aromatic nitrogens is 1. The first-order valence-corrected chi connectivity index (χ1v) is 6.47. The van der Waals surface area contributed by atoms with Gasteiger partial charge in [0.25, 0.3) is 0 Å². The predicted molar refractivity (Wildman–Crippen MR) is 68.7 cm³/mol. The number of nitrogens with one attached hydrogen (secondary N) is 1. The number of rotatable bonds is 5. The molecule has 1 saturated carbocycles. The van der Waals surface area contributed by atoms with Gasteiger partial charge in [-0.1, -0.05) is 12.8 Å². The summed E-state index contributed by atoms with van der Waals surface area (Å²) in [4.78, 5) is 4.14. The Morgan fingerprint density at radius 2 is 2.18 bits per heavy atom. The fourth-order valence-corrected chi connectivity index (χ4v) is 2.66. The maximum atomic E-state index is 9.52. The maximum Gasteiger partial charge on any atom is 0.0499 e. The summed E-state index contributed by atoms with van der Waals surface area (Å²) in [6.45, 7) is 4.18. The lowest BCUT2D eigenvalue weighted by molar-refractivity contribution is 0.128.